The molecule has 1 heterocycles. The second-order valence-electron chi connectivity index (χ2n) is 16.5. The molecule has 64 heavy (non-hydrogen) atoms. The third kappa shape index (κ3) is 6.70. The van der Waals surface area contributed by atoms with Gasteiger partial charge in [-0.2, -0.15) is 0 Å². The van der Waals surface area contributed by atoms with E-state index in [4.69, 9.17) is 4.42 Å². The van der Waals surface area contributed by atoms with E-state index in [2.05, 4.69) is 254 Å². The zero-order valence-corrected chi connectivity index (χ0v) is 35.0. The first-order valence-corrected chi connectivity index (χ1v) is 21.9. The van der Waals surface area contributed by atoms with Crippen molar-refractivity contribution in [2.24, 2.45) is 0 Å². The largest absolute Gasteiger partial charge is 0.455 e. The Morgan fingerprint density at radius 3 is 1.28 bits per heavy atom. The molecule has 11 aromatic carbocycles. The van der Waals surface area contributed by atoms with Crippen LogP contribution in [0.5, 0.6) is 0 Å². The van der Waals surface area contributed by atoms with Gasteiger partial charge in [0, 0.05) is 38.8 Å². The lowest BCUT2D eigenvalue weighted by atomic mass is 9.96. The van der Waals surface area contributed by atoms with Gasteiger partial charge in [0.05, 0.1) is 0 Å². The first kappa shape index (κ1) is 37.3. The first-order chi connectivity index (χ1) is 31.7. The Morgan fingerprint density at radius 2 is 0.688 bits per heavy atom. The van der Waals surface area contributed by atoms with Gasteiger partial charge in [0.2, 0.25) is 0 Å². The van der Waals surface area contributed by atoms with Crippen molar-refractivity contribution in [2.75, 3.05) is 4.90 Å². The van der Waals surface area contributed by atoms with E-state index in [1.165, 1.54) is 49.5 Å². The summed E-state index contributed by atoms with van der Waals surface area (Å²) in [7, 11) is 0. The molecule has 0 aliphatic rings. The summed E-state index contributed by atoms with van der Waals surface area (Å²) in [6.07, 6.45) is 0. The molecule has 0 saturated carbocycles. The third-order valence-electron chi connectivity index (χ3n) is 12.6. The number of nitrogens with zero attached hydrogens (tertiary/aromatic N) is 1. The molecule has 0 aliphatic heterocycles. The van der Waals surface area contributed by atoms with E-state index in [1.54, 1.807) is 0 Å². The molecule has 0 saturated heterocycles. The van der Waals surface area contributed by atoms with Gasteiger partial charge in [-0.25, -0.2) is 0 Å². The summed E-state index contributed by atoms with van der Waals surface area (Å²) in [5, 5.41) is 7.00. The Hall–Kier alpha value is -8.46. The normalized spacial score (nSPS) is 11.4. The molecule has 0 radical (unpaired) electrons. The average Bonchev–Trinajstić information content (AvgIpc) is 3.77. The van der Waals surface area contributed by atoms with Crippen LogP contribution in [0, 0.1) is 0 Å². The van der Waals surface area contributed by atoms with Crippen molar-refractivity contribution in [1.29, 1.82) is 0 Å². The lowest BCUT2D eigenvalue weighted by molar-refractivity contribution is 0.674. The van der Waals surface area contributed by atoms with Crippen LogP contribution in [0.4, 0.5) is 17.1 Å². The van der Waals surface area contributed by atoms with Gasteiger partial charge in [-0.1, -0.05) is 200 Å². The maximum Gasteiger partial charge on any atom is 0.143 e. The molecule has 0 unspecified atom stereocenters. The fourth-order valence-corrected chi connectivity index (χ4v) is 9.43. The maximum absolute atomic E-state index is 6.95. The lowest BCUT2D eigenvalue weighted by Gasteiger charge is -2.27. The first-order valence-electron chi connectivity index (χ1n) is 21.9. The van der Waals surface area contributed by atoms with Gasteiger partial charge in [0.25, 0.3) is 0 Å². The number of benzene rings is 11. The van der Waals surface area contributed by atoms with Crippen LogP contribution in [0.15, 0.2) is 253 Å². The molecule has 0 bridgehead atoms. The fourth-order valence-electron chi connectivity index (χ4n) is 9.43. The molecule has 0 atom stereocenters. The molecule has 1 aromatic heterocycles. The van der Waals surface area contributed by atoms with Crippen LogP contribution in [0.3, 0.4) is 0 Å². The van der Waals surface area contributed by atoms with E-state index >= 15 is 0 Å². The average molecular weight is 816 g/mol. The van der Waals surface area contributed by atoms with E-state index in [1.807, 2.05) is 0 Å². The van der Waals surface area contributed by atoms with Crippen LogP contribution >= 0.6 is 0 Å². The molecule has 0 fully saturated rings. The Morgan fingerprint density at radius 1 is 0.250 bits per heavy atom. The fraction of sp³-hybridized carbons (Fsp3) is 0. The van der Waals surface area contributed by atoms with Crippen molar-refractivity contribution in [3.63, 3.8) is 0 Å². The number of fused-ring (bicyclic) bond motifs is 7. The molecule has 0 aliphatic carbocycles. The van der Waals surface area contributed by atoms with E-state index in [0.29, 0.717) is 0 Å². The molecule has 2 nitrogen and oxygen atoms in total. The van der Waals surface area contributed by atoms with Gasteiger partial charge < -0.3 is 9.32 Å². The quantitative estimate of drug-likeness (QED) is 0.142. The molecule has 12 rings (SSSR count). The summed E-state index contributed by atoms with van der Waals surface area (Å²) < 4.78 is 6.95. The van der Waals surface area contributed by atoms with Crippen molar-refractivity contribution in [1.82, 2.24) is 0 Å². The topological polar surface area (TPSA) is 16.4 Å². The molecule has 0 amide bonds. The number of hydrogen-bond acceptors (Lipinski definition) is 2. The van der Waals surface area contributed by atoms with Gasteiger partial charge in [-0.3, -0.25) is 0 Å². The van der Waals surface area contributed by atoms with E-state index in [9.17, 15) is 0 Å². The van der Waals surface area contributed by atoms with Crippen molar-refractivity contribution in [3.8, 4) is 55.6 Å². The standard InChI is InChI=1S/C62H41NO/c1-4-13-42(14-5-1)45-23-25-46(26-24-45)47-29-34-53(35-30-47)63(55-40-51(43-15-6-2-7-16-43)39-52(41-55)44-17-8-3-9-18-44)54-36-31-49(32-37-54)57-21-12-22-58-59-38-33-50-28-27-48-19-10-11-20-56(48)60(50)62(59)64-61(57)58/h1-41H. The summed E-state index contributed by atoms with van der Waals surface area (Å²) in [5.74, 6) is 0. The third-order valence-corrected chi connectivity index (χ3v) is 12.6. The van der Waals surface area contributed by atoms with Gasteiger partial charge >= 0.3 is 0 Å². The second-order valence-corrected chi connectivity index (χ2v) is 16.5. The second kappa shape index (κ2) is 15.8. The number of rotatable bonds is 8. The predicted molar refractivity (Wildman–Crippen MR) is 271 cm³/mol. The van der Waals surface area contributed by atoms with E-state index < -0.39 is 0 Å². The molecule has 300 valence electrons. The van der Waals surface area contributed by atoms with Crippen molar-refractivity contribution >= 4 is 60.5 Å². The van der Waals surface area contributed by atoms with Crippen molar-refractivity contribution < 1.29 is 4.42 Å². The number of furan rings is 1. The van der Waals surface area contributed by atoms with Crippen molar-refractivity contribution in [2.45, 2.75) is 0 Å². The Balaban J connectivity index is 0.981. The Bertz CT molecular complexity index is 3550. The minimum absolute atomic E-state index is 0.901. The Kier molecular flexibility index (Phi) is 9.20. The molecule has 0 spiro atoms. The number of anilines is 3. The number of hydrogen-bond donors (Lipinski definition) is 0. The molecular weight excluding hydrogens is 775 g/mol. The van der Waals surface area contributed by atoms with Crippen LogP contribution in [-0.4, -0.2) is 0 Å². The summed E-state index contributed by atoms with van der Waals surface area (Å²) in [6.45, 7) is 0. The van der Waals surface area contributed by atoms with Gasteiger partial charge in [0.15, 0.2) is 0 Å². The summed E-state index contributed by atoms with van der Waals surface area (Å²) in [6, 6.07) is 89.5. The molecule has 2 heteroatoms. The summed E-state index contributed by atoms with van der Waals surface area (Å²) in [5.41, 5.74) is 16.6. The van der Waals surface area contributed by atoms with E-state index in [0.717, 1.165) is 66.6 Å². The monoisotopic (exact) mass is 815 g/mol. The maximum atomic E-state index is 6.95. The SMILES string of the molecule is c1ccc(-c2ccc(-c3ccc(N(c4ccc(-c5cccc6c5oc5c6ccc6ccc7ccccc7c65)cc4)c4cc(-c5ccccc5)cc(-c5ccccc5)c4)cc3)cc2)cc1. The van der Waals surface area contributed by atoms with Crippen LogP contribution in [0.1, 0.15) is 0 Å². The summed E-state index contributed by atoms with van der Waals surface area (Å²) in [4.78, 5) is 2.38. The number of para-hydroxylation sites is 1. The molecular formula is C62H41NO. The highest BCUT2D eigenvalue weighted by Gasteiger charge is 2.19. The highest BCUT2D eigenvalue weighted by molar-refractivity contribution is 6.24. The predicted octanol–water partition coefficient (Wildman–Crippen LogP) is 17.7. The highest BCUT2D eigenvalue weighted by atomic mass is 16.3. The van der Waals surface area contributed by atoms with Crippen LogP contribution in [-0.2, 0) is 0 Å². The van der Waals surface area contributed by atoms with Gasteiger partial charge in [0.1, 0.15) is 11.2 Å². The molecule has 0 N–H and O–H groups in total. The van der Waals surface area contributed by atoms with Crippen molar-refractivity contribution in [3.05, 3.63) is 249 Å². The van der Waals surface area contributed by atoms with Crippen LogP contribution < -0.4 is 4.90 Å². The Labute approximate surface area is 372 Å². The van der Waals surface area contributed by atoms with Gasteiger partial charge in [-0.15, -0.1) is 0 Å². The lowest BCUT2D eigenvalue weighted by Crippen LogP contribution is -2.10. The van der Waals surface area contributed by atoms with Crippen LogP contribution in [0.25, 0.3) is 99.1 Å². The smallest absolute Gasteiger partial charge is 0.143 e. The van der Waals surface area contributed by atoms with E-state index in [-0.39, 0.29) is 0 Å². The van der Waals surface area contributed by atoms with Gasteiger partial charge in [-0.05, 0) is 115 Å². The minimum atomic E-state index is 0.901. The minimum Gasteiger partial charge on any atom is -0.455 e. The zero-order chi connectivity index (χ0) is 42.4. The van der Waals surface area contributed by atoms with Crippen LogP contribution in [0.2, 0.25) is 0 Å². The molecule has 12 aromatic rings. The summed E-state index contributed by atoms with van der Waals surface area (Å²) >= 11 is 0. The zero-order valence-electron chi connectivity index (χ0n) is 35.0. The highest BCUT2D eigenvalue weighted by Crippen LogP contribution is 2.44.